The number of anilines is 1. The Hall–Kier alpha value is -3.24. The standard InChI is InChI=1S/C22H22FN7OS/c1-32(31)29-11-7-17(8-12-29)26-22-25-9-6-18(27-22)21-20(15-2-4-16(23)5-3-15)28-19-14-24-10-13-30(19)21/h2-6,9-10,13-14,17H,7-8,11-12H2,1H3,(H,25,26,27). The van der Waals surface area contributed by atoms with Crippen molar-refractivity contribution >= 4 is 22.6 Å². The van der Waals surface area contributed by atoms with Crippen molar-refractivity contribution in [1.82, 2.24) is 28.6 Å². The van der Waals surface area contributed by atoms with Crippen LogP contribution in [-0.4, -0.2) is 58.2 Å². The van der Waals surface area contributed by atoms with Crippen molar-refractivity contribution in [3.8, 4) is 22.6 Å². The summed E-state index contributed by atoms with van der Waals surface area (Å²) < 4.78 is 29.1. The van der Waals surface area contributed by atoms with Crippen molar-refractivity contribution in [2.24, 2.45) is 0 Å². The first-order chi connectivity index (χ1) is 15.6. The Kier molecular flexibility index (Phi) is 5.62. The molecule has 1 N–H and O–H groups in total. The maximum absolute atomic E-state index is 13.5. The van der Waals surface area contributed by atoms with Crippen LogP contribution in [0.3, 0.4) is 0 Å². The molecule has 0 radical (unpaired) electrons. The Labute approximate surface area is 187 Å². The topological polar surface area (TPSA) is 88.3 Å². The van der Waals surface area contributed by atoms with Gasteiger partial charge in [-0.2, -0.15) is 0 Å². The zero-order chi connectivity index (χ0) is 22.1. The third-order valence-electron chi connectivity index (χ3n) is 5.60. The maximum Gasteiger partial charge on any atom is 0.223 e. The summed E-state index contributed by atoms with van der Waals surface area (Å²) in [6.07, 6.45) is 10.4. The number of hydrogen-bond acceptors (Lipinski definition) is 6. The van der Waals surface area contributed by atoms with Crippen molar-refractivity contribution < 1.29 is 8.60 Å². The van der Waals surface area contributed by atoms with E-state index >= 15 is 0 Å². The molecule has 164 valence electrons. The number of imidazole rings is 1. The predicted octanol–water partition coefficient (Wildman–Crippen LogP) is 3.16. The first-order valence-electron chi connectivity index (χ1n) is 10.3. The molecule has 0 aliphatic carbocycles. The lowest BCUT2D eigenvalue weighted by atomic mass is 10.1. The maximum atomic E-state index is 13.5. The molecule has 10 heteroatoms. The molecule has 1 unspecified atom stereocenters. The molecule has 0 spiro atoms. The smallest absolute Gasteiger partial charge is 0.223 e. The second-order valence-electron chi connectivity index (χ2n) is 7.66. The molecule has 1 fully saturated rings. The fourth-order valence-corrected chi connectivity index (χ4v) is 4.69. The van der Waals surface area contributed by atoms with Crippen LogP contribution in [0.5, 0.6) is 0 Å². The minimum atomic E-state index is -0.937. The van der Waals surface area contributed by atoms with Crippen LogP contribution in [0, 0.1) is 5.82 Å². The summed E-state index contributed by atoms with van der Waals surface area (Å²) in [7, 11) is -0.937. The molecule has 32 heavy (non-hydrogen) atoms. The average Bonchev–Trinajstić information content (AvgIpc) is 3.20. The van der Waals surface area contributed by atoms with Gasteiger partial charge in [0.05, 0.1) is 34.3 Å². The first-order valence-corrected chi connectivity index (χ1v) is 11.9. The number of fused-ring (bicyclic) bond motifs is 1. The minimum Gasteiger partial charge on any atom is -0.351 e. The van der Waals surface area contributed by atoms with E-state index in [2.05, 4.69) is 15.3 Å². The monoisotopic (exact) mass is 451 g/mol. The van der Waals surface area contributed by atoms with Gasteiger partial charge in [-0.05, 0) is 43.2 Å². The molecule has 5 rings (SSSR count). The van der Waals surface area contributed by atoms with Crippen LogP contribution >= 0.6 is 0 Å². The summed E-state index contributed by atoms with van der Waals surface area (Å²) in [6, 6.07) is 8.31. The summed E-state index contributed by atoms with van der Waals surface area (Å²) in [5.74, 6) is 0.236. The van der Waals surface area contributed by atoms with Gasteiger partial charge in [0.2, 0.25) is 5.95 Å². The van der Waals surface area contributed by atoms with Crippen LogP contribution in [0.15, 0.2) is 55.1 Å². The predicted molar refractivity (Wildman–Crippen MR) is 122 cm³/mol. The third kappa shape index (κ3) is 4.11. The van der Waals surface area contributed by atoms with E-state index in [-0.39, 0.29) is 11.9 Å². The molecular formula is C22H22FN7OS. The number of piperidine rings is 1. The number of hydrogen-bond donors (Lipinski definition) is 1. The lowest BCUT2D eigenvalue weighted by Crippen LogP contribution is -2.39. The highest BCUT2D eigenvalue weighted by Crippen LogP contribution is 2.32. The SMILES string of the molecule is CS(=O)N1CCC(Nc2nccc(-c3c(-c4ccc(F)cc4)nc4cnccn34)n2)CC1. The van der Waals surface area contributed by atoms with Crippen molar-refractivity contribution in [2.75, 3.05) is 24.7 Å². The molecule has 1 saturated heterocycles. The fraction of sp³-hybridized carbons (Fsp3) is 0.273. The molecule has 1 aliphatic heterocycles. The van der Waals surface area contributed by atoms with Gasteiger partial charge in [0, 0.05) is 49.5 Å². The van der Waals surface area contributed by atoms with E-state index in [1.807, 2.05) is 21.0 Å². The number of nitrogens with zero attached hydrogens (tertiary/aromatic N) is 6. The highest BCUT2D eigenvalue weighted by molar-refractivity contribution is 7.81. The van der Waals surface area contributed by atoms with Crippen LogP contribution < -0.4 is 5.32 Å². The van der Waals surface area contributed by atoms with Crippen LogP contribution in [-0.2, 0) is 11.0 Å². The molecule has 1 aliphatic rings. The van der Waals surface area contributed by atoms with Gasteiger partial charge in [-0.15, -0.1) is 0 Å². The van der Waals surface area contributed by atoms with Crippen molar-refractivity contribution in [2.45, 2.75) is 18.9 Å². The van der Waals surface area contributed by atoms with Crippen molar-refractivity contribution in [3.05, 3.63) is 60.9 Å². The highest BCUT2D eigenvalue weighted by atomic mass is 32.2. The Balaban J connectivity index is 1.49. The van der Waals surface area contributed by atoms with E-state index in [1.165, 1.54) is 12.1 Å². The number of halogens is 1. The van der Waals surface area contributed by atoms with Crippen LogP contribution in [0.25, 0.3) is 28.3 Å². The lowest BCUT2D eigenvalue weighted by molar-refractivity contribution is 0.346. The molecule has 4 aromatic rings. The number of nitrogens with one attached hydrogen (secondary N) is 1. The van der Waals surface area contributed by atoms with Crippen LogP contribution in [0.4, 0.5) is 10.3 Å². The second-order valence-corrected chi connectivity index (χ2v) is 9.02. The van der Waals surface area contributed by atoms with Gasteiger partial charge in [-0.25, -0.2) is 27.9 Å². The second kappa shape index (κ2) is 8.71. The number of benzene rings is 1. The molecule has 0 amide bonds. The molecule has 0 bridgehead atoms. The van der Waals surface area contributed by atoms with Gasteiger partial charge in [-0.3, -0.25) is 9.38 Å². The van der Waals surface area contributed by atoms with E-state index in [9.17, 15) is 8.60 Å². The first kappa shape index (κ1) is 20.7. The van der Waals surface area contributed by atoms with Gasteiger partial charge in [0.1, 0.15) is 5.82 Å². The number of aromatic nitrogens is 5. The minimum absolute atomic E-state index is 0.216. The third-order valence-corrected chi connectivity index (χ3v) is 6.69. The summed E-state index contributed by atoms with van der Waals surface area (Å²) in [5.41, 5.74) is 3.65. The summed E-state index contributed by atoms with van der Waals surface area (Å²) in [6.45, 7) is 1.55. The zero-order valence-electron chi connectivity index (χ0n) is 17.5. The molecule has 0 saturated carbocycles. The summed E-state index contributed by atoms with van der Waals surface area (Å²) in [5, 5.41) is 3.42. The van der Waals surface area contributed by atoms with Crippen LogP contribution in [0.1, 0.15) is 12.8 Å². The normalized spacial score (nSPS) is 16.3. The average molecular weight is 452 g/mol. The number of rotatable bonds is 5. The van der Waals surface area contributed by atoms with E-state index in [4.69, 9.17) is 9.97 Å². The van der Waals surface area contributed by atoms with Crippen LogP contribution in [0.2, 0.25) is 0 Å². The molecule has 1 aromatic carbocycles. The molecular weight excluding hydrogens is 429 g/mol. The molecule has 8 nitrogen and oxygen atoms in total. The Morgan fingerprint density at radius 2 is 1.88 bits per heavy atom. The van der Waals surface area contributed by atoms with E-state index in [0.29, 0.717) is 23.0 Å². The Morgan fingerprint density at radius 3 is 2.62 bits per heavy atom. The van der Waals surface area contributed by atoms with E-state index in [1.54, 1.807) is 37.0 Å². The van der Waals surface area contributed by atoms with Gasteiger partial charge in [0.25, 0.3) is 0 Å². The Bertz CT molecular complexity index is 1270. The summed E-state index contributed by atoms with van der Waals surface area (Å²) >= 11 is 0. The Morgan fingerprint density at radius 1 is 1.09 bits per heavy atom. The van der Waals surface area contributed by atoms with Gasteiger partial charge in [-0.1, -0.05) is 0 Å². The van der Waals surface area contributed by atoms with E-state index in [0.717, 1.165) is 37.2 Å². The molecule has 1 atom stereocenters. The van der Waals surface area contributed by atoms with E-state index < -0.39 is 11.0 Å². The lowest BCUT2D eigenvalue weighted by Gasteiger charge is -2.30. The molecule has 3 aromatic heterocycles. The van der Waals surface area contributed by atoms with Gasteiger partial charge >= 0.3 is 0 Å². The zero-order valence-corrected chi connectivity index (χ0v) is 18.3. The van der Waals surface area contributed by atoms with Crippen molar-refractivity contribution in [3.63, 3.8) is 0 Å². The highest BCUT2D eigenvalue weighted by Gasteiger charge is 2.22. The largest absolute Gasteiger partial charge is 0.351 e. The van der Waals surface area contributed by atoms with Gasteiger partial charge < -0.3 is 5.32 Å². The fourth-order valence-electron chi connectivity index (χ4n) is 3.96. The molecule has 4 heterocycles. The quantitative estimate of drug-likeness (QED) is 0.502. The van der Waals surface area contributed by atoms with Gasteiger partial charge in [0.15, 0.2) is 5.65 Å². The van der Waals surface area contributed by atoms with Crippen molar-refractivity contribution in [1.29, 1.82) is 0 Å². The summed E-state index contributed by atoms with van der Waals surface area (Å²) in [4.78, 5) is 18.1.